The van der Waals surface area contributed by atoms with E-state index in [-0.39, 0.29) is 17.9 Å². The third kappa shape index (κ3) is 3.83. The van der Waals surface area contributed by atoms with Crippen LogP contribution >= 0.6 is 0 Å². The molecule has 5 rings (SSSR count). The number of hydrogen-bond acceptors (Lipinski definition) is 3. The van der Waals surface area contributed by atoms with Gasteiger partial charge in [-0.3, -0.25) is 9.59 Å². The van der Waals surface area contributed by atoms with Gasteiger partial charge in [0.15, 0.2) is 0 Å². The molecule has 0 unspecified atom stereocenters. The fraction of sp³-hybridized carbons (Fsp3) is 0.360. The van der Waals surface area contributed by atoms with Gasteiger partial charge in [0.2, 0.25) is 0 Å². The van der Waals surface area contributed by atoms with Gasteiger partial charge in [0.05, 0.1) is 0 Å². The molecule has 0 spiro atoms. The van der Waals surface area contributed by atoms with Gasteiger partial charge in [0, 0.05) is 62.5 Å². The van der Waals surface area contributed by atoms with Gasteiger partial charge in [-0.2, -0.15) is 0 Å². The van der Waals surface area contributed by atoms with Crippen LogP contribution in [0.2, 0.25) is 0 Å². The van der Waals surface area contributed by atoms with E-state index in [0.717, 1.165) is 24.0 Å². The van der Waals surface area contributed by atoms with E-state index in [0.29, 0.717) is 38.3 Å². The van der Waals surface area contributed by atoms with E-state index >= 15 is 0 Å². The summed E-state index contributed by atoms with van der Waals surface area (Å²) in [5.74, 6) is 0.0959. The first-order valence-electron chi connectivity index (χ1n) is 11.0. The number of aromatic nitrogens is 1. The molecule has 3 heterocycles. The fourth-order valence-electron chi connectivity index (χ4n) is 4.55. The Kier molecular flexibility index (Phi) is 5.24. The zero-order valence-electron chi connectivity index (χ0n) is 17.8. The molecule has 160 valence electrons. The van der Waals surface area contributed by atoms with Crippen molar-refractivity contribution in [3.8, 4) is 11.1 Å². The monoisotopic (exact) mass is 417 g/mol. The van der Waals surface area contributed by atoms with Gasteiger partial charge < -0.3 is 19.1 Å². The average Bonchev–Trinajstić information content (AvgIpc) is 3.49. The van der Waals surface area contributed by atoms with Crippen LogP contribution < -0.4 is 0 Å². The Hall–Kier alpha value is -3.12. The van der Waals surface area contributed by atoms with Gasteiger partial charge in [-0.25, -0.2) is 0 Å². The molecule has 2 fully saturated rings. The third-order valence-corrected chi connectivity index (χ3v) is 6.43. The molecule has 0 saturated carbocycles. The number of benzene rings is 2. The van der Waals surface area contributed by atoms with Crippen LogP contribution in [0, 0.1) is 0 Å². The summed E-state index contributed by atoms with van der Waals surface area (Å²) in [6.45, 7) is 2.93. The third-order valence-electron chi connectivity index (χ3n) is 6.43. The molecular formula is C25H27N3O3. The normalized spacial score (nSPS) is 19.2. The Morgan fingerprint density at radius 2 is 1.61 bits per heavy atom. The van der Waals surface area contributed by atoms with Gasteiger partial charge in [0.1, 0.15) is 6.10 Å². The molecule has 6 nitrogen and oxygen atoms in total. The van der Waals surface area contributed by atoms with E-state index in [1.807, 2.05) is 41.1 Å². The predicted octanol–water partition coefficient (Wildman–Crippen LogP) is 3.31. The molecule has 2 saturated heterocycles. The number of hydrogen-bond donors (Lipinski definition) is 0. The second-order valence-corrected chi connectivity index (χ2v) is 8.40. The molecule has 31 heavy (non-hydrogen) atoms. The van der Waals surface area contributed by atoms with Gasteiger partial charge in [-0.1, -0.05) is 18.2 Å². The lowest BCUT2D eigenvalue weighted by Gasteiger charge is -2.35. The number of carbonyl (C=O) groups is 2. The van der Waals surface area contributed by atoms with Crippen molar-refractivity contribution in [3.63, 3.8) is 0 Å². The highest BCUT2D eigenvalue weighted by molar-refractivity contribution is 5.95. The largest absolute Gasteiger partial charge is 0.368 e. The molecular weight excluding hydrogens is 390 g/mol. The number of nitrogens with zero attached hydrogens (tertiary/aromatic N) is 3. The van der Waals surface area contributed by atoms with Crippen molar-refractivity contribution in [2.45, 2.75) is 18.9 Å². The molecule has 0 N–H and O–H groups in total. The summed E-state index contributed by atoms with van der Waals surface area (Å²) in [5, 5.41) is 1.20. The standard InChI is InChI=1S/C25H27N3O3/c1-26-11-10-21-17-20(8-9-22(21)26)18-4-6-19(7-5-18)24(29)27-12-14-28(15-13-27)25(30)23-3-2-16-31-23/h4-11,17,23H,2-3,12-16H2,1H3/t23-/m0/s1. The SMILES string of the molecule is Cn1ccc2cc(-c3ccc(C(=O)N4CCN(C(=O)[C@@H]5CCCO5)CC4)cc3)ccc21. The zero-order valence-corrected chi connectivity index (χ0v) is 17.8. The van der Waals surface area contributed by atoms with E-state index in [1.54, 1.807) is 0 Å². The topological polar surface area (TPSA) is 54.8 Å². The zero-order chi connectivity index (χ0) is 21.4. The van der Waals surface area contributed by atoms with Gasteiger partial charge in [-0.15, -0.1) is 0 Å². The molecule has 0 radical (unpaired) electrons. The van der Waals surface area contributed by atoms with Gasteiger partial charge in [0.25, 0.3) is 11.8 Å². The van der Waals surface area contributed by atoms with Crippen molar-refractivity contribution in [3.05, 3.63) is 60.3 Å². The van der Waals surface area contributed by atoms with Crippen LogP contribution in [0.4, 0.5) is 0 Å². The van der Waals surface area contributed by atoms with E-state index in [4.69, 9.17) is 4.74 Å². The van der Waals surface area contributed by atoms with E-state index < -0.39 is 0 Å². The van der Waals surface area contributed by atoms with Crippen molar-refractivity contribution >= 4 is 22.7 Å². The van der Waals surface area contributed by atoms with Crippen molar-refractivity contribution in [2.24, 2.45) is 7.05 Å². The lowest BCUT2D eigenvalue weighted by Crippen LogP contribution is -2.52. The van der Waals surface area contributed by atoms with Crippen molar-refractivity contribution < 1.29 is 14.3 Å². The molecule has 0 aliphatic carbocycles. The predicted molar refractivity (Wildman–Crippen MR) is 120 cm³/mol. The Bertz CT molecular complexity index is 1100. The second kappa shape index (κ2) is 8.19. The lowest BCUT2D eigenvalue weighted by atomic mass is 10.0. The number of piperazine rings is 1. The van der Waals surface area contributed by atoms with Gasteiger partial charge in [-0.05, 0) is 54.3 Å². The van der Waals surface area contributed by atoms with Crippen LogP contribution in [-0.4, -0.2) is 65.1 Å². The van der Waals surface area contributed by atoms with Crippen LogP contribution in [0.1, 0.15) is 23.2 Å². The summed E-state index contributed by atoms with van der Waals surface area (Å²) >= 11 is 0. The Morgan fingerprint density at radius 1 is 0.903 bits per heavy atom. The average molecular weight is 418 g/mol. The van der Waals surface area contributed by atoms with E-state index in [9.17, 15) is 9.59 Å². The minimum atomic E-state index is -0.287. The first-order chi connectivity index (χ1) is 15.1. The first-order valence-corrected chi connectivity index (χ1v) is 11.0. The Balaban J connectivity index is 1.23. The highest BCUT2D eigenvalue weighted by Gasteiger charge is 2.31. The summed E-state index contributed by atoms with van der Waals surface area (Å²) in [7, 11) is 2.04. The summed E-state index contributed by atoms with van der Waals surface area (Å²) in [6.07, 6.45) is 3.53. The smallest absolute Gasteiger partial charge is 0.253 e. The minimum absolute atomic E-state index is 0.0225. The molecule has 1 atom stereocenters. The summed E-state index contributed by atoms with van der Waals surface area (Å²) < 4.78 is 7.62. The fourth-order valence-corrected chi connectivity index (χ4v) is 4.55. The highest BCUT2D eigenvalue weighted by atomic mass is 16.5. The number of amides is 2. The van der Waals surface area contributed by atoms with Crippen molar-refractivity contribution in [1.29, 1.82) is 0 Å². The summed E-state index contributed by atoms with van der Waals surface area (Å²) in [4.78, 5) is 29.1. The number of aryl methyl sites for hydroxylation is 1. The van der Waals surface area contributed by atoms with E-state index in [2.05, 4.69) is 35.0 Å². The molecule has 1 aromatic heterocycles. The molecule has 0 bridgehead atoms. The number of carbonyl (C=O) groups excluding carboxylic acids is 2. The lowest BCUT2D eigenvalue weighted by molar-refractivity contribution is -0.142. The Morgan fingerprint density at radius 3 is 2.32 bits per heavy atom. The second-order valence-electron chi connectivity index (χ2n) is 8.40. The summed E-state index contributed by atoms with van der Waals surface area (Å²) in [6, 6.07) is 16.3. The van der Waals surface area contributed by atoms with Crippen molar-refractivity contribution in [1.82, 2.24) is 14.4 Å². The van der Waals surface area contributed by atoms with Crippen LogP contribution in [0.3, 0.4) is 0 Å². The molecule has 2 aromatic carbocycles. The van der Waals surface area contributed by atoms with Crippen LogP contribution in [-0.2, 0) is 16.6 Å². The number of fused-ring (bicyclic) bond motifs is 1. The first kappa shape index (κ1) is 19.8. The van der Waals surface area contributed by atoms with Gasteiger partial charge >= 0.3 is 0 Å². The number of rotatable bonds is 3. The molecule has 2 amide bonds. The molecule has 3 aromatic rings. The highest BCUT2D eigenvalue weighted by Crippen LogP contribution is 2.25. The van der Waals surface area contributed by atoms with Crippen LogP contribution in [0.5, 0.6) is 0 Å². The van der Waals surface area contributed by atoms with Crippen LogP contribution in [0.25, 0.3) is 22.0 Å². The van der Waals surface area contributed by atoms with Crippen LogP contribution in [0.15, 0.2) is 54.7 Å². The Labute approximate surface area is 182 Å². The molecule has 2 aliphatic rings. The van der Waals surface area contributed by atoms with Crippen molar-refractivity contribution in [2.75, 3.05) is 32.8 Å². The maximum absolute atomic E-state index is 13.0. The molecule has 2 aliphatic heterocycles. The summed E-state index contributed by atoms with van der Waals surface area (Å²) in [5.41, 5.74) is 4.12. The quantitative estimate of drug-likeness (QED) is 0.657. The maximum atomic E-state index is 13.0. The maximum Gasteiger partial charge on any atom is 0.253 e. The minimum Gasteiger partial charge on any atom is -0.368 e. The van der Waals surface area contributed by atoms with E-state index in [1.165, 1.54) is 10.9 Å². The molecule has 6 heteroatoms. The number of ether oxygens (including phenoxy) is 1.